The summed E-state index contributed by atoms with van der Waals surface area (Å²) in [6.45, 7) is 2.45. The first-order valence-electron chi connectivity index (χ1n) is 4.17. The number of sulfonamides is 1. The van der Waals surface area contributed by atoms with Gasteiger partial charge in [0, 0.05) is 6.54 Å². The lowest BCUT2D eigenvalue weighted by molar-refractivity contribution is -0.0289. The highest BCUT2D eigenvalue weighted by Crippen LogP contribution is 2.16. The van der Waals surface area contributed by atoms with Crippen molar-refractivity contribution in [1.29, 1.82) is 5.26 Å². The zero-order chi connectivity index (χ0) is 9.90. The Balaban J connectivity index is 2.81. The first-order chi connectivity index (χ1) is 6.12. The molecular formula is C7H12N2O3S. The summed E-state index contributed by atoms with van der Waals surface area (Å²) in [4.78, 5) is 4.90. The van der Waals surface area contributed by atoms with Crippen LogP contribution in [0, 0.1) is 11.3 Å². The first kappa shape index (κ1) is 10.4. The van der Waals surface area contributed by atoms with Gasteiger partial charge in [0.2, 0.25) is 0 Å². The quantitative estimate of drug-likeness (QED) is 0.661. The highest BCUT2D eigenvalue weighted by molar-refractivity contribution is 7.89. The minimum Gasteiger partial charge on any atom is -0.284 e. The third kappa shape index (κ3) is 1.99. The molecule has 5 nitrogen and oxygen atoms in total. The summed E-state index contributed by atoms with van der Waals surface area (Å²) in [7, 11) is -3.55. The van der Waals surface area contributed by atoms with Gasteiger partial charge in [0.1, 0.15) is 0 Å². The van der Waals surface area contributed by atoms with Gasteiger partial charge in [0.15, 0.2) is 5.25 Å². The molecule has 1 unspecified atom stereocenters. The van der Waals surface area contributed by atoms with Crippen molar-refractivity contribution in [3.63, 3.8) is 0 Å². The van der Waals surface area contributed by atoms with Gasteiger partial charge in [0.25, 0.3) is 10.0 Å². The molecule has 13 heavy (non-hydrogen) atoms. The van der Waals surface area contributed by atoms with Gasteiger partial charge in [-0.2, -0.15) is 5.26 Å². The molecule has 74 valence electrons. The fourth-order valence-electron chi connectivity index (χ4n) is 1.14. The van der Waals surface area contributed by atoms with Crippen LogP contribution in [0.15, 0.2) is 0 Å². The summed E-state index contributed by atoms with van der Waals surface area (Å²) in [5, 5.41) is 7.63. The van der Waals surface area contributed by atoms with E-state index in [1.54, 1.807) is 13.0 Å². The lowest BCUT2D eigenvalue weighted by atomic mass is 10.4. The van der Waals surface area contributed by atoms with Crippen LogP contribution in [0.25, 0.3) is 0 Å². The normalized spacial score (nSPS) is 21.2. The summed E-state index contributed by atoms with van der Waals surface area (Å²) >= 11 is 0. The molecule has 1 aliphatic heterocycles. The number of nitriles is 1. The van der Waals surface area contributed by atoms with E-state index in [2.05, 4.69) is 0 Å². The lowest BCUT2D eigenvalue weighted by Gasteiger charge is -2.16. The average Bonchev–Trinajstić information content (AvgIpc) is 2.58. The largest absolute Gasteiger partial charge is 0.284 e. The van der Waals surface area contributed by atoms with Crippen LogP contribution in [0.5, 0.6) is 0 Å². The highest BCUT2D eigenvalue weighted by atomic mass is 32.2. The van der Waals surface area contributed by atoms with Gasteiger partial charge < -0.3 is 0 Å². The first-order valence-corrected chi connectivity index (χ1v) is 5.67. The topological polar surface area (TPSA) is 70.4 Å². The molecular weight excluding hydrogens is 192 g/mol. The molecule has 1 rings (SSSR count). The standard InChI is InChI=1S/C7H12N2O3S/c1-2-7(6-8)13(10,11)9-4-3-5-12-9/h7H,2-5H2,1H3. The van der Waals surface area contributed by atoms with Gasteiger partial charge in [0.05, 0.1) is 12.7 Å². The van der Waals surface area contributed by atoms with E-state index in [0.717, 1.165) is 4.47 Å². The van der Waals surface area contributed by atoms with E-state index < -0.39 is 15.3 Å². The number of hydrogen-bond acceptors (Lipinski definition) is 4. The molecule has 0 aliphatic carbocycles. The van der Waals surface area contributed by atoms with Crippen LogP contribution in [-0.2, 0) is 14.9 Å². The van der Waals surface area contributed by atoms with Gasteiger partial charge in [-0.15, -0.1) is 0 Å². The van der Waals surface area contributed by atoms with Crippen LogP contribution in [0.1, 0.15) is 19.8 Å². The number of hydrogen-bond donors (Lipinski definition) is 0. The molecule has 1 atom stereocenters. The molecule has 0 radical (unpaired) electrons. The van der Waals surface area contributed by atoms with E-state index in [1.165, 1.54) is 0 Å². The van der Waals surface area contributed by atoms with Crippen molar-refractivity contribution in [1.82, 2.24) is 4.47 Å². The Morgan fingerprint density at radius 3 is 2.77 bits per heavy atom. The molecule has 0 N–H and O–H groups in total. The number of hydroxylamine groups is 1. The minimum absolute atomic E-state index is 0.290. The van der Waals surface area contributed by atoms with Crippen molar-refractivity contribution in [2.24, 2.45) is 0 Å². The zero-order valence-electron chi connectivity index (χ0n) is 7.43. The van der Waals surface area contributed by atoms with E-state index in [1.807, 2.05) is 0 Å². The number of nitrogens with zero attached hydrogens (tertiary/aromatic N) is 2. The van der Waals surface area contributed by atoms with Gasteiger partial charge in [-0.3, -0.25) is 4.84 Å². The summed E-state index contributed by atoms with van der Waals surface area (Å²) in [6, 6.07) is 1.76. The van der Waals surface area contributed by atoms with Gasteiger partial charge in [-0.25, -0.2) is 8.42 Å². The van der Waals surface area contributed by atoms with Crippen molar-refractivity contribution < 1.29 is 13.3 Å². The lowest BCUT2D eigenvalue weighted by Crippen LogP contribution is -2.35. The molecule has 0 aromatic heterocycles. The molecule has 1 fully saturated rings. The third-order valence-electron chi connectivity index (χ3n) is 1.88. The Bertz CT molecular complexity index is 300. The van der Waals surface area contributed by atoms with Crippen LogP contribution in [0.3, 0.4) is 0 Å². The van der Waals surface area contributed by atoms with E-state index in [4.69, 9.17) is 10.1 Å². The predicted octanol–water partition coefficient (Wildman–Crippen LogP) is 0.256. The molecule has 0 aromatic carbocycles. The summed E-state index contributed by atoms with van der Waals surface area (Å²) in [5.74, 6) is 0. The molecule has 6 heteroatoms. The number of rotatable bonds is 3. The Hall–Kier alpha value is -0.640. The monoisotopic (exact) mass is 204 g/mol. The van der Waals surface area contributed by atoms with Gasteiger partial charge in [-0.1, -0.05) is 11.4 Å². The maximum Gasteiger partial charge on any atom is 0.252 e. The van der Waals surface area contributed by atoms with Crippen molar-refractivity contribution in [2.45, 2.75) is 25.0 Å². The second kappa shape index (κ2) is 4.05. The Morgan fingerprint density at radius 1 is 1.69 bits per heavy atom. The maximum absolute atomic E-state index is 11.6. The Kier molecular flexibility index (Phi) is 3.25. The molecule has 0 saturated carbocycles. The van der Waals surface area contributed by atoms with Crippen LogP contribution in [-0.4, -0.2) is 31.3 Å². The van der Waals surface area contributed by atoms with Gasteiger partial charge >= 0.3 is 0 Å². The van der Waals surface area contributed by atoms with Gasteiger partial charge in [-0.05, 0) is 12.8 Å². The van der Waals surface area contributed by atoms with Crippen LogP contribution >= 0.6 is 0 Å². The Morgan fingerprint density at radius 2 is 2.38 bits per heavy atom. The van der Waals surface area contributed by atoms with E-state index in [9.17, 15) is 8.42 Å². The minimum atomic E-state index is -3.55. The summed E-state index contributed by atoms with van der Waals surface area (Å²) < 4.78 is 24.1. The molecule has 1 aliphatic rings. The highest BCUT2D eigenvalue weighted by Gasteiger charge is 2.33. The zero-order valence-corrected chi connectivity index (χ0v) is 8.25. The fraction of sp³-hybridized carbons (Fsp3) is 0.857. The maximum atomic E-state index is 11.6. The molecule has 0 bridgehead atoms. The predicted molar refractivity (Wildman–Crippen MR) is 45.9 cm³/mol. The van der Waals surface area contributed by atoms with Crippen LogP contribution in [0.4, 0.5) is 0 Å². The molecule has 0 aromatic rings. The van der Waals surface area contributed by atoms with Crippen molar-refractivity contribution in [2.75, 3.05) is 13.2 Å². The summed E-state index contributed by atoms with van der Waals surface area (Å²) in [5.41, 5.74) is 0. The van der Waals surface area contributed by atoms with Crippen LogP contribution < -0.4 is 0 Å². The summed E-state index contributed by atoms with van der Waals surface area (Å²) in [6.07, 6.45) is 0.986. The van der Waals surface area contributed by atoms with E-state index in [0.29, 0.717) is 26.0 Å². The average molecular weight is 204 g/mol. The van der Waals surface area contributed by atoms with Crippen molar-refractivity contribution >= 4 is 10.0 Å². The van der Waals surface area contributed by atoms with E-state index >= 15 is 0 Å². The molecule has 0 spiro atoms. The van der Waals surface area contributed by atoms with E-state index in [-0.39, 0.29) is 0 Å². The SMILES string of the molecule is CCC(C#N)S(=O)(=O)N1CCCO1. The smallest absolute Gasteiger partial charge is 0.252 e. The van der Waals surface area contributed by atoms with Crippen molar-refractivity contribution in [3.05, 3.63) is 0 Å². The second-order valence-electron chi connectivity index (χ2n) is 2.78. The fourth-order valence-corrected chi connectivity index (χ4v) is 2.58. The third-order valence-corrected chi connectivity index (χ3v) is 3.89. The molecule has 1 heterocycles. The Labute approximate surface area is 77.9 Å². The molecule has 1 saturated heterocycles. The molecule has 0 amide bonds. The van der Waals surface area contributed by atoms with Crippen LogP contribution in [0.2, 0.25) is 0 Å². The van der Waals surface area contributed by atoms with Crippen molar-refractivity contribution in [3.8, 4) is 6.07 Å². The second-order valence-corrected chi connectivity index (χ2v) is 4.79.